The van der Waals surface area contributed by atoms with E-state index < -0.39 is 5.91 Å². The summed E-state index contributed by atoms with van der Waals surface area (Å²) in [5.41, 5.74) is 1.52. The summed E-state index contributed by atoms with van der Waals surface area (Å²) in [4.78, 5) is 43.6. The number of rotatable bonds is 8. The first-order chi connectivity index (χ1) is 15.7. The highest BCUT2D eigenvalue weighted by Gasteiger charge is 2.53. The van der Waals surface area contributed by atoms with Crippen LogP contribution in [0.3, 0.4) is 0 Å². The van der Waals surface area contributed by atoms with E-state index in [9.17, 15) is 14.4 Å². The Kier molecular flexibility index (Phi) is 6.45. The summed E-state index contributed by atoms with van der Waals surface area (Å²) in [5, 5.41) is 5.74. The zero-order valence-corrected chi connectivity index (χ0v) is 20.1. The molecule has 3 aliphatic rings. The molecule has 2 aromatic rings. The van der Waals surface area contributed by atoms with Gasteiger partial charge in [-0.1, -0.05) is 26.8 Å². The fourth-order valence-corrected chi connectivity index (χ4v) is 5.67. The van der Waals surface area contributed by atoms with Crippen molar-refractivity contribution in [1.29, 1.82) is 0 Å². The average molecular weight is 454 g/mol. The van der Waals surface area contributed by atoms with E-state index in [4.69, 9.17) is 0 Å². The molecular formula is C25H35N5O3. The smallest absolute Gasteiger partial charge is 0.271 e. The van der Waals surface area contributed by atoms with E-state index in [1.807, 2.05) is 6.92 Å². The Balaban J connectivity index is 1.40. The van der Waals surface area contributed by atoms with Gasteiger partial charge in [-0.3, -0.25) is 18.8 Å². The molecule has 8 nitrogen and oxygen atoms in total. The molecule has 0 aromatic carbocycles. The number of hydrogen-bond donors (Lipinski definition) is 2. The Morgan fingerprint density at radius 3 is 2.67 bits per heavy atom. The maximum atomic E-state index is 13.0. The quantitative estimate of drug-likeness (QED) is 0.642. The van der Waals surface area contributed by atoms with Crippen molar-refractivity contribution >= 4 is 23.4 Å². The summed E-state index contributed by atoms with van der Waals surface area (Å²) in [6.45, 7) is 7.93. The Bertz CT molecular complexity index is 1060. The number of carbonyl (C=O) groups excluding carboxylic acids is 3. The molecule has 0 unspecified atom stereocenters. The Hall–Kier alpha value is -2.90. The van der Waals surface area contributed by atoms with Crippen LogP contribution in [0.2, 0.25) is 0 Å². The fourth-order valence-electron chi connectivity index (χ4n) is 5.67. The van der Waals surface area contributed by atoms with Gasteiger partial charge in [0.1, 0.15) is 17.0 Å². The van der Waals surface area contributed by atoms with Crippen LogP contribution in [0.1, 0.15) is 67.4 Å². The minimum absolute atomic E-state index is 0.0870. The zero-order valence-electron chi connectivity index (χ0n) is 20.1. The topological polar surface area (TPSA) is 95.8 Å². The first-order valence-electron chi connectivity index (χ1n) is 12.0. The van der Waals surface area contributed by atoms with Crippen LogP contribution in [0.25, 0.3) is 5.65 Å². The van der Waals surface area contributed by atoms with Gasteiger partial charge in [0, 0.05) is 26.3 Å². The number of aromatic nitrogens is 2. The lowest BCUT2D eigenvalue weighted by Crippen LogP contribution is -2.54. The number of fused-ring (bicyclic) bond motifs is 3. The number of hydrogen-bond acceptors (Lipinski definition) is 4. The molecule has 0 spiro atoms. The molecule has 3 atom stereocenters. The largest absolute Gasteiger partial charge is 0.350 e. The van der Waals surface area contributed by atoms with Gasteiger partial charge in [-0.15, -0.1) is 0 Å². The molecular weight excluding hydrogens is 418 g/mol. The van der Waals surface area contributed by atoms with E-state index in [0.29, 0.717) is 41.7 Å². The summed E-state index contributed by atoms with van der Waals surface area (Å²) in [6, 6.07) is 5.26. The highest BCUT2D eigenvalue weighted by Crippen LogP contribution is 2.61. The Morgan fingerprint density at radius 2 is 1.97 bits per heavy atom. The molecule has 2 heterocycles. The van der Waals surface area contributed by atoms with Crippen LogP contribution in [0.15, 0.2) is 24.4 Å². The molecule has 178 valence electrons. The molecule has 3 aliphatic carbocycles. The van der Waals surface area contributed by atoms with E-state index in [0.717, 1.165) is 12.3 Å². The standard InChI is InChI=1S/C25H35N5O3/c1-5-11-29(4)22(31)14-27-23(32)19-15-30-20(7-6-8-21(30)28-19)24(33)26-13-16-9-10-17-12-18(16)25(17,2)3/h6-8,15-18H,5,9-14H2,1-4H3,(H,26,33)(H,27,32)/t16-,17-,18-/m0/s1. The maximum absolute atomic E-state index is 13.0. The predicted octanol–water partition coefficient (Wildman–Crippen LogP) is 2.73. The molecule has 8 heteroatoms. The van der Waals surface area contributed by atoms with Crippen molar-refractivity contribution < 1.29 is 14.4 Å². The second-order valence-corrected chi connectivity index (χ2v) is 10.2. The van der Waals surface area contributed by atoms with Gasteiger partial charge in [-0.2, -0.15) is 0 Å². The molecule has 0 saturated heterocycles. The minimum Gasteiger partial charge on any atom is -0.350 e. The number of nitrogens with one attached hydrogen (secondary N) is 2. The molecule has 2 N–H and O–H groups in total. The van der Waals surface area contributed by atoms with Gasteiger partial charge in [0.05, 0.1) is 6.54 Å². The number of pyridine rings is 1. The second-order valence-electron chi connectivity index (χ2n) is 10.2. The second kappa shape index (κ2) is 9.15. The SMILES string of the molecule is CCCN(C)C(=O)CNC(=O)c1cn2c(C(=O)NC[C@@H]3CC[C@H]4C[C@@H]3C4(C)C)cccc2n1. The zero-order chi connectivity index (χ0) is 23.8. The lowest BCUT2D eigenvalue weighted by molar-refractivity contribution is -0.128. The number of nitrogens with zero attached hydrogens (tertiary/aromatic N) is 3. The van der Waals surface area contributed by atoms with Crippen LogP contribution in [0.4, 0.5) is 0 Å². The van der Waals surface area contributed by atoms with Crippen molar-refractivity contribution in [3.63, 3.8) is 0 Å². The third kappa shape index (κ3) is 4.48. The lowest BCUT2D eigenvalue weighted by Gasteiger charge is -2.60. The van der Waals surface area contributed by atoms with Gasteiger partial charge >= 0.3 is 0 Å². The number of carbonyl (C=O) groups is 3. The number of imidazole rings is 1. The van der Waals surface area contributed by atoms with E-state index >= 15 is 0 Å². The summed E-state index contributed by atoms with van der Waals surface area (Å²) in [5.74, 6) is 1.27. The van der Waals surface area contributed by atoms with Crippen LogP contribution < -0.4 is 10.6 Å². The lowest BCUT2D eigenvalue weighted by atomic mass is 9.45. The first kappa shape index (κ1) is 23.3. The number of likely N-dealkylation sites (N-methyl/N-ethyl adjacent to an activating group) is 1. The highest BCUT2D eigenvalue weighted by molar-refractivity contribution is 5.97. The predicted molar refractivity (Wildman–Crippen MR) is 126 cm³/mol. The van der Waals surface area contributed by atoms with Gasteiger partial charge in [0.15, 0.2) is 0 Å². The molecule has 3 saturated carbocycles. The molecule has 0 aliphatic heterocycles. The van der Waals surface area contributed by atoms with E-state index in [1.54, 1.807) is 40.7 Å². The summed E-state index contributed by atoms with van der Waals surface area (Å²) < 4.78 is 1.64. The first-order valence-corrected chi connectivity index (χ1v) is 12.0. The fraction of sp³-hybridized carbons (Fsp3) is 0.600. The molecule has 2 bridgehead atoms. The molecule has 33 heavy (non-hydrogen) atoms. The summed E-state index contributed by atoms with van der Waals surface area (Å²) in [6.07, 6.45) is 6.11. The molecule has 2 aromatic heterocycles. The average Bonchev–Trinajstić information content (AvgIpc) is 3.25. The molecule has 0 radical (unpaired) electrons. The van der Waals surface area contributed by atoms with Crippen molar-refractivity contribution in [2.45, 2.75) is 46.5 Å². The normalized spacial score (nSPS) is 23.0. The Labute approximate surface area is 195 Å². The van der Waals surface area contributed by atoms with Gasteiger partial charge in [0.2, 0.25) is 5.91 Å². The third-order valence-electron chi connectivity index (χ3n) is 7.87. The molecule has 5 rings (SSSR count). The van der Waals surface area contributed by atoms with Crippen molar-refractivity contribution in [1.82, 2.24) is 24.9 Å². The van der Waals surface area contributed by atoms with Crippen LogP contribution in [0.5, 0.6) is 0 Å². The third-order valence-corrected chi connectivity index (χ3v) is 7.87. The minimum atomic E-state index is -0.438. The van der Waals surface area contributed by atoms with Crippen LogP contribution in [0, 0.1) is 23.2 Å². The van der Waals surface area contributed by atoms with Crippen molar-refractivity contribution in [3.05, 3.63) is 35.8 Å². The van der Waals surface area contributed by atoms with E-state index in [2.05, 4.69) is 29.5 Å². The van der Waals surface area contributed by atoms with E-state index in [-0.39, 0.29) is 24.1 Å². The van der Waals surface area contributed by atoms with E-state index in [1.165, 1.54) is 19.3 Å². The van der Waals surface area contributed by atoms with Crippen LogP contribution in [-0.2, 0) is 4.79 Å². The Morgan fingerprint density at radius 1 is 1.18 bits per heavy atom. The van der Waals surface area contributed by atoms with Gasteiger partial charge in [-0.25, -0.2) is 4.98 Å². The number of amides is 3. The summed E-state index contributed by atoms with van der Waals surface area (Å²) in [7, 11) is 1.71. The molecule has 3 amide bonds. The maximum Gasteiger partial charge on any atom is 0.271 e. The molecule has 3 fully saturated rings. The van der Waals surface area contributed by atoms with Gasteiger partial charge in [-0.05, 0) is 61.0 Å². The van der Waals surface area contributed by atoms with Crippen molar-refractivity contribution in [3.8, 4) is 0 Å². The summed E-state index contributed by atoms with van der Waals surface area (Å²) >= 11 is 0. The van der Waals surface area contributed by atoms with Crippen molar-refractivity contribution in [2.75, 3.05) is 26.7 Å². The van der Waals surface area contributed by atoms with Crippen molar-refractivity contribution in [2.24, 2.45) is 23.2 Å². The van der Waals surface area contributed by atoms with Gasteiger partial charge in [0.25, 0.3) is 11.8 Å². The van der Waals surface area contributed by atoms with Crippen LogP contribution >= 0.6 is 0 Å². The highest BCUT2D eigenvalue weighted by atomic mass is 16.2. The van der Waals surface area contributed by atoms with Crippen LogP contribution in [-0.4, -0.2) is 58.7 Å². The van der Waals surface area contributed by atoms with Gasteiger partial charge < -0.3 is 15.5 Å². The monoisotopic (exact) mass is 453 g/mol.